The molecule has 0 aliphatic carbocycles. The molecule has 0 radical (unpaired) electrons. The Bertz CT molecular complexity index is 124. The number of aliphatic carboxylic acids is 1. The number of carboxylic acid groups (broad SMARTS) is 1. The molecule has 1 heterocycles. The number of unbranched alkanes of at least 4 members (excludes halogenated alkanes) is 2. The van der Waals surface area contributed by atoms with Crippen LogP contribution in [0.25, 0.3) is 0 Å². The number of morpholine rings is 1. The van der Waals surface area contributed by atoms with Crippen molar-refractivity contribution in [1.82, 2.24) is 5.32 Å². The number of nitrogens with one attached hydrogen (secondary N) is 1. The van der Waals surface area contributed by atoms with Gasteiger partial charge in [0, 0.05) is 19.5 Å². The maximum atomic E-state index is 9.87. The third-order valence-electron chi connectivity index (χ3n) is 1.84. The fourth-order valence-corrected chi connectivity index (χ4v) is 1.04. The first-order valence-corrected chi connectivity index (χ1v) is 5.27. The third kappa shape index (κ3) is 11.4. The van der Waals surface area contributed by atoms with E-state index in [4.69, 9.17) is 9.84 Å². The molecule has 0 bridgehead atoms. The molecule has 0 aromatic heterocycles. The normalized spacial score (nSPS) is 15.5. The fraction of sp³-hybridized carbons (Fsp3) is 0.900. The topological polar surface area (TPSA) is 58.6 Å². The Morgan fingerprint density at radius 1 is 1.36 bits per heavy atom. The number of carbonyl (C=O) groups is 1. The molecule has 0 spiro atoms. The fourth-order valence-electron chi connectivity index (χ4n) is 1.04. The van der Waals surface area contributed by atoms with Crippen LogP contribution in [0.3, 0.4) is 0 Å². The number of ether oxygens (including phenoxy) is 1. The van der Waals surface area contributed by atoms with Crippen LogP contribution < -0.4 is 5.32 Å². The zero-order valence-corrected chi connectivity index (χ0v) is 8.92. The molecule has 0 aromatic carbocycles. The lowest BCUT2D eigenvalue weighted by molar-refractivity contribution is -0.137. The van der Waals surface area contributed by atoms with Gasteiger partial charge in [-0.15, -0.1) is 0 Å². The maximum absolute atomic E-state index is 9.87. The first-order valence-electron chi connectivity index (χ1n) is 5.27. The molecule has 1 saturated heterocycles. The maximum Gasteiger partial charge on any atom is 0.303 e. The van der Waals surface area contributed by atoms with Crippen LogP contribution in [-0.2, 0) is 9.53 Å². The second kappa shape index (κ2) is 10.5. The molecule has 2 N–H and O–H groups in total. The van der Waals surface area contributed by atoms with Crippen molar-refractivity contribution in [1.29, 1.82) is 0 Å². The molecule has 4 heteroatoms. The van der Waals surface area contributed by atoms with Crippen molar-refractivity contribution < 1.29 is 14.6 Å². The molecule has 14 heavy (non-hydrogen) atoms. The predicted octanol–water partition coefficient (Wildman–Crippen LogP) is 1.26. The molecule has 0 unspecified atom stereocenters. The number of rotatable bonds is 4. The third-order valence-corrected chi connectivity index (χ3v) is 1.84. The van der Waals surface area contributed by atoms with Gasteiger partial charge in [0.15, 0.2) is 0 Å². The zero-order valence-electron chi connectivity index (χ0n) is 8.92. The molecule has 1 fully saturated rings. The van der Waals surface area contributed by atoms with Crippen LogP contribution in [0.1, 0.15) is 32.6 Å². The highest BCUT2D eigenvalue weighted by Crippen LogP contribution is 1.97. The van der Waals surface area contributed by atoms with Crippen LogP contribution in [0.2, 0.25) is 0 Å². The largest absolute Gasteiger partial charge is 0.481 e. The van der Waals surface area contributed by atoms with E-state index in [2.05, 4.69) is 12.2 Å². The summed E-state index contributed by atoms with van der Waals surface area (Å²) in [5.74, 6) is -0.682. The van der Waals surface area contributed by atoms with Crippen molar-refractivity contribution >= 4 is 5.97 Å². The average molecular weight is 203 g/mol. The lowest BCUT2D eigenvalue weighted by atomic mass is 10.2. The van der Waals surface area contributed by atoms with E-state index in [9.17, 15) is 4.79 Å². The molecule has 0 aromatic rings. The van der Waals surface area contributed by atoms with Crippen LogP contribution in [0.5, 0.6) is 0 Å². The Hall–Kier alpha value is -0.610. The van der Waals surface area contributed by atoms with Gasteiger partial charge in [-0.25, -0.2) is 0 Å². The van der Waals surface area contributed by atoms with Crippen LogP contribution in [0.4, 0.5) is 0 Å². The molecule has 1 aliphatic heterocycles. The lowest BCUT2D eigenvalue weighted by Gasteiger charge is -2.10. The van der Waals surface area contributed by atoms with E-state index in [1.54, 1.807) is 0 Å². The summed E-state index contributed by atoms with van der Waals surface area (Å²) in [6.07, 6.45) is 3.28. The summed E-state index contributed by atoms with van der Waals surface area (Å²) in [6.45, 7) is 5.89. The highest BCUT2D eigenvalue weighted by atomic mass is 16.5. The van der Waals surface area contributed by atoms with Crippen LogP contribution >= 0.6 is 0 Å². The van der Waals surface area contributed by atoms with Gasteiger partial charge in [-0.2, -0.15) is 0 Å². The summed E-state index contributed by atoms with van der Waals surface area (Å²) in [4.78, 5) is 9.87. The van der Waals surface area contributed by atoms with Crippen molar-refractivity contribution in [3.05, 3.63) is 0 Å². The quantitative estimate of drug-likeness (QED) is 0.675. The monoisotopic (exact) mass is 203 g/mol. The Balaban J connectivity index is 0.000000249. The van der Waals surface area contributed by atoms with E-state index in [1.807, 2.05) is 0 Å². The molecule has 1 aliphatic rings. The molecule has 0 saturated carbocycles. The van der Waals surface area contributed by atoms with Crippen molar-refractivity contribution in [3.8, 4) is 0 Å². The average Bonchev–Trinajstić information content (AvgIpc) is 2.21. The molecular weight excluding hydrogens is 182 g/mol. The predicted molar refractivity (Wildman–Crippen MR) is 55.5 cm³/mol. The molecule has 1 rings (SSSR count). The lowest BCUT2D eigenvalue weighted by Crippen LogP contribution is -2.30. The minimum atomic E-state index is -0.682. The number of hydrogen-bond acceptors (Lipinski definition) is 3. The van der Waals surface area contributed by atoms with Crippen LogP contribution in [-0.4, -0.2) is 37.4 Å². The molecule has 4 nitrogen and oxygen atoms in total. The van der Waals surface area contributed by atoms with Crippen molar-refractivity contribution in [3.63, 3.8) is 0 Å². The SMILES string of the molecule is C1COCCN1.CCCCCC(=O)O. The summed E-state index contributed by atoms with van der Waals surface area (Å²) in [5.41, 5.74) is 0. The minimum Gasteiger partial charge on any atom is -0.481 e. The highest BCUT2D eigenvalue weighted by Gasteiger charge is 1.93. The van der Waals surface area contributed by atoms with E-state index < -0.39 is 5.97 Å². The smallest absolute Gasteiger partial charge is 0.303 e. The van der Waals surface area contributed by atoms with E-state index in [0.29, 0.717) is 6.42 Å². The van der Waals surface area contributed by atoms with Gasteiger partial charge in [0.25, 0.3) is 0 Å². The molecule has 84 valence electrons. The van der Waals surface area contributed by atoms with Gasteiger partial charge in [-0.1, -0.05) is 19.8 Å². The highest BCUT2D eigenvalue weighted by molar-refractivity contribution is 5.66. The van der Waals surface area contributed by atoms with Crippen molar-refractivity contribution in [2.24, 2.45) is 0 Å². The van der Waals surface area contributed by atoms with Gasteiger partial charge in [0.05, 0.1) is 13.2 Å². The van der Waals surface area contributed by atoms with Crippen molar-refractivity contribution in [2.45, 2.75) is 32.6 Å². The van der Waals surface area contributed by atoms with E-state index in [-0.39, 0.29) is 0 Å². The van der Waals surface area contributed by atoms with E-state index >= 15 is 0 Å². The van der Waals surface area contributed by atoms with Crippen molar-refractivity contribution in [2.75, 3.05) is 26.3 Å². The summed E-state index contributed by atoms with van der Waals surface area (Å²) in [5, 5.41) is 11.3. The van der Waals surface area contributed by atoms with Crippen LogP contribution in [0.15, 0.2) is 0 Å². The standard InChI is InChI=1S/C6H12O2.C4H9NO/c1-2-3-4-5-6(7)8;1-3-6-4-2-5-1/h2-5H2,1H3,(H,7,8);5H,1-4H2. The van der Waals surface area contributed by atoms with Gasteiger partial charge in [-0.05, 0) is 6.42 Å². The first-order chi connectivity index (χ1) is 6.77. The van der Waals surface area contributed by atoms with Gasteiger partial charge < -0.3 is 15.2 Å². The van der Waals surface area contributed by atoms with E-state index in [1.165, 1.54) is 0 Å². The first kappa shape index (κ1) is 13.4. The Morgan fingerprint density at radius 3 is 2.29 bits per heavy atom. The zero-order chi connectivity index (χ0) is 10.6. The molecule has 0 atom stereocenters. The van der Waals surface area contributed by atoms with Gasteiger partial charge in [0.2, 0.25) is 0 Å². The molecule has 0 amide bonds. The summed E-state index contributed by atoms with van der Waals surface area (Å²) in [6, 6.07) is 0. The van der Waals surface area contributed by atoms with Gasteiger partial charge >= 0.3 is 5.97 Å². The Morgan fingerprint density at radius 2 is 2.00 bits per heavy atom. The van der Waals surface area contributed by atoms with Crippen LogP contribution in [0, 0.1) is 0 Å². The second-order valence-corrected chi connectivity index (χ2v) is 3.21. The van der Waals surface area contributed by atoms with E-state index in [0.717, 1.165) is 45.6 Å². The van der Waals surface area contributed by atoms with Gasteiger partial charge in [-0.3, -0.25) is 4.79 Å². The summed E-state index contributed by atoms with van der Waals surface area (Å²) in [7, 11) is 0. The Labute approximate surface area is 85.6 Å². The second-order valence-electron chi connectivity index (χ2n) is 3.21. The number of carboxylic acids is 1. The van der Waals surface area contributed by atoms with Gasteiger partial charge in [0.1, 0.15) is 0 Å². The Kier molecular flexibility index (Phi) is 10.0. The summed E-state index contributed by atoms with van der Waals surface area (Å²) >= 11 is 0. The number of hydrogen-bond donors (Lipinski definition) is 2. The summed E-state index contributed by atoms with van der Waals surface area (Å²) < 4.78 is 5.01. The minimum absolute atomic E-state index is 0.327. The molecular formula is C10H21NO3.